The third kappa shape index (κ3) is 2.41. The highest BCUT2D eigenvalue weighted by atomic mass is 16.5. The Kier molecular flexibility index (Phi) is 3.22. The zero-order valence-electron chi connectivity index (χ0n) is 11.8. The van der Waals surface area contributed by atoms with Crippen molar-refractivity contribution >= 4 is 11.4 Å². The predicted octanol–water partition coefficient (Wildman–Crippen LogP) is 1.67. The molecule has 6 nitrogen and oxygen atoms in total. The molecule has 0 aliphatic carbocycles. The van der Waals surface area contributed by atoms with Crippen LogP contribution in [0.5, 0.6) is 5.75 Å². The Balaban J connectivity index is 1.84. The molecule has 1 aliphatic rings. The molecule has 1 aromatic heterocycles. The molecule has 0 saturated heterocycles. The summed E-state index contributed by atoms with van der Waals surface area (Å²) in [5, 5.41) is 8.08. The van der Waals surface area contributed by atoms with E-state index in [1.165, 1.54) is 0 Å². The molecule has 106 valence electrons. The quantitative estimate of drug-likeness (QED) is 0.861. The smallest absolute Gasteiger partial charge is 0.152 e. The van der Waals surface area contributed by atoms with Gasteiger partial charge in [-0.05, 0) is 26.0 Å². The van der Waals surface area contributed by atoms with Gasteiger partial charge in [-0.15, -0.1) is 10.2 Å². The number of hydrogen-bond acceptors (Lipinski definition) is 5. The van der Waals surface area contributed by atoms with Crippen molar-refractivity contribution in [2.24, 2.45) is 0 Å². The highest BCUT2D eigenvalue weighted by Gasteiger charge is 2.18. The summed E-state index contributed by atoms with van der Waals surface area (Å²) in [5.41, 5.74) is 7.73. The van der Waals surface area contributed by atoms with Gasteiger partial charge >= 0.3 is 0 Å². The maximum Gasteiger partial charge on any atom is 0.152 e. The van der Waals surface area contributed by atoms with Crippen molar-refractivity contribution in [3.8, 4) is 5.75 Å². The monoisotopic (exact) mass is 273 g/mol. The lowest BCUT2D eigenvalue weighted by Gasteiger charge is -2.29. The van der Waals surface area contributed by atoms with Crippen LogP contribution < -0.4 is 15.4 Å². The summed E-state index contributed by atoms with van der Waals surface area (Å²) in [5.74, 6) is 1.73. The minimum Gasteiger partial charge on any atom is -0.489 e. The molecule has 2 N–H and O–H groups in total. The van der Waals surface area contributed by atoms with E-state index in [1.54, 1.807) is 6.33 Å². The summed E-state index contributed by atoms with van der Waals surface area (Å²) in [7, 11) is 0. The van der Waals surface area contributed by atoms with Gasteiger partial charge in [-0.25, -0.2) is 0 Å². The fraction of sp³-hybridized carbons (Fsp3) is 0.429. The van der Waals surface area contributed by atoms with E-state index in [-0.39, 0.29) is 6.10 Å². The molecular formula is C14H19N5O. The fourth-order valence-electron chi connectivity index (χ4n) is 2.36. The van der Waals surface area contributed by atoms with E-state index in [2.05, 4.69) is 19.7 Å². The van der Waals surface area contributed by atoms with Gasteiger partial charge < -0.3 is 19.9 Å². The lowest BCUT2D eigenvalue weighted by molar-refractivity contribution is 0.244. The maximum atomic E-state index is 5.96. The van der Waals surface area contributed by atoms with Gasteiger partial charge in [0.15, 0.2) is 5.82 Å². The van der Waals surface area contributed by atoms with Crippen molar-refractivity contribution in [2.45, 2.75) is 33.0 Å². The molecule has 0 unspecified atom stereocenters. The van der Waals surface area contributed by atoms with Crippen LogP contribution in [0.4, 0.5) is 11.4 Å². The van der Waals surface area contributed by atoms with Crippen LogP contribution in [0.15, 0.2) is 24.5 Å². The zero-order valence-corrected chi connectivity index (χ0v) is 11.8. The first-order valence-corrected chi connectivity index (χ1v) is 6.81. The average molecular weight is 273 g/mol. The Morgan fingerprint density at radius 2 is 2.15 bits per heavy atom. The van der Waals surface area contributed by atoms with Crippen LogP contribution in [-0.2, 0) is 13.1 Å². The van der Waals surface area contributed by atoms with Crippen LogP contribution in [0.3, 0.4) is 0 Å². The Morgan fingerprint density at radius 3 is 2.95 bits per heavy atom. The minimum absolute atomic E-state index is 0.108. The number of aromatic nitrogens is 3. The van der Waals surface area contributed by atoms with E-state index >= 15 is 0 Å². The van der Waals surface area contributed by atoms with E-state index in [9.17, 15) is 0 Å². The lowest BCUT2D eigenvalue weighted by atomic mass is 10.2. The summed E-state index contributed by atoms with van der Waals surface area (Å²) in [4.78, 5) is 2.26. The van der Waals surface area contributed by atoms with E-state index in [0.29, 0.717) is 5.69 Å². The van der Waals surface area contributed by atoms with Gasteiger partial charge in [0.2, 0.25) is 0 Å². The van der Waals surface area contributed by atoms with E-state index in [1.807, 2.05) is 32.0 Å². The molecule has 0 atom stereocenters. The van der Waals surface area contributed by atoms with Crippen molar-refractivity contribution in [3.63, 3.8) is 0 Å². The van der Waals surface area contributed by atoms with Gasteiger partial charge in [0.05, 0.1) is 18.3 Å². The molecule has 1 aromatic carbocycles. The van der Waals surface area contributed by atoms with Crippen molar-refractivity contribution in [1.29, 1.82) is 0 Å². The molecule has 6 heteroatoms. The second kappa shape index (κ2) is 5.03. The van der Waals surface area contributed by atoms with E-state index in [4.69, 9.17) is 10.5 Å². The first-order valence-electron chi connectivity index (χ1n) is 6.81. The topological polar surface area (TPSA) is 69.2 Å². The summed E-state index contributed by atoms with van der Waals surface area (Å²) < 4.78 is 7.83. The molecule has 0 fully saturated rings. The number of nitrogen functional groups attached to an aromatic ring is 1. The zero-order chi connectivity index (χ0) is 14.1. The molecule has 3 rings (SSSR count). The van der Waals surface area contributed by atoms with Gasteiger partial charge in [-0.3, -0.25) is 0 Å². The molecule has 0 bridgehead atoms. The first kappa shape index (κ1) is 12.8. The van der Waals surface area contributed by atoms with Crippen molar-refractivity contribution < 1.29 is 4.74 Å². The van der Waals surface area contributed by atoms with Gasteiger partial charge in [0.25, 0.3) is 0 Å². The molecule has 2 heterocycles. The lowest BCUT2D eigenvalue weighted by Crippen LogP contribution is -2.33. The van der Waals surface area contributed by atoms with Crippen LogP contribution in [0.25, 0.3) is 0 Å². The van der Waals surface area contributed by atoms with Gasteiger partial charge in [-0.1, -0.05) is 0 Å². The largest absolute Gasteiger partial charge is 0.489 e. The Labute approximate surface area is 118 Å². The van der Waals surface area contributed by atoms with Gasteiger partial charge in [-0.2, -0.15) is 0 Å². The molecule has 2 aromatic rings. The second-order valence-electron chi connectivity index (χ2n) is 5.25. The average Bonchev–Trinajstić information content (AvgIpc) is 2.88. The first-order chi connectivity index (χ1) is 9.63. The second-order valence-corrected chi connectivity index (χ2v) is 5.25. The number of anilines is 2. The van der Waals surface area contributed by atoms with Crippen LogP contribution in [0.2, 0.25) is 0 Å². The Bertz CT molecular complexity index is 607. The number of ether oxygens (including phenoxy) is 1. The SMILES string of the molecule is CC(C)Oc1cc(N2CCn3cnnc3C2)ccc1N. The summed E-state index contributed by atoms with van der Waals surface area (Å²) in [6.07, 6.45) is 1.89. The van der Waals surface area contributed by atoms with Crippen molar-refractivity contribution in [3.05, 3.63) is 30.4 Å². The van der Waals surface area contributed by atoms with Crippen LogP contribution in [0.1, 0.15) is 19.7 Å². The molecule has 0 amide bonds. The third-order valence-corrected chi connectivity index (χ3v) is 3.36. The molecule has 0 saturated carbocycles. The standard InChI is InChI=1S/C14H19N5O/c1-10(2)20-13-7-11(3-4-12(13)15)18-5-6-19-9-16-17-14(19)8-18/h3-4,7,9-10H,5-6,8,15H2,1-2H3. The third-order valence-electron chi connectivity index (χ3n) is 3.36. The molecule has 1 aliphatic heterocycles. The highest BCUT2D eigenvalue weighted by molar-refractivity contribution is 5.62. The van der Waals surface area contributed by atoms with Crippen LogP contribution in [-0.4, -0.2) is 27.4 Å². The number of hydrogen-bond donors (Lipinski definition) is 1. The predicted molar refractivity (Wildman–Crippen MR) is 77.7 cm³/mol. The number of fused-ring (bicyclic) bond motifs is 1. The number of nitrogens with two attached hydrogens (primary N) is 1. The number of benzene rings is 1. The molecular weight excluding hydrogens is 254 g/mol. The summed E-state index contributed by atoms with van der Waals surface area (Å²) in [6, 6.07) is 5.92. The summed E-state index contributed by atoms with van der Waals surface area (Å²) in [6.45, 7) is 6.57. The fourth-order valence-corrected chi connectivity index (χ4v) is 2.36. The van der Waals surface area contributed by atoms with Gasteiger partial charge in [0.1, 0.15) is 12.1 Å². The van der Waals surface area contributed by atoms with Crippen LogP contribution >= 0.6 is 0 Å². The number of rotatable bonds is 3. The Morgan fingerprint density at radius 1 is 1.30 bits per heavy atom. The summed E-state index contributed by atoms with van der Waals surface area (Å²) >= 11 is 0. The Hall–Kier alpha value is -2.24. The maximum absolute atomic E-state index is 5.96. The molecule has 0 radical (unpaired) electrons. The number of nitrogens with zero attached hydrogens (tertiary/aromatic N) is 4. The van der Waals surface area contributed by atoms with Gasteiger partial charge in [0, 0.05) is 24.8 Å². The normalized spacial score (nSPS) is 14.4. The van der Waals surface area contributed by atoms with Crippen LogP contribution in [0, 0.1) is 0 Å². The molecule has 20 heavy (non-hydrogen) atoms. The molecule has 0 spiro atoms. The van der Waals surface area contributed by atoms with E-state index < -0.39 is 0 Å². The highest BCUT2D eigenvalue weighted by Crippen LogP contribution is 2.30. The van der Waals surface area contributed by atoms with Crippen molar-refractivity contribution in [2.75, 3.05) is 17.2 Å². The van der Waals surface area contributed by atoms with E-state index in [0.717, 1.165) is 36.9 Å². The minimum atomic E-state index is 0.108. The van der Waals surface area contributed by atoms with Crippen molar-refractivity contribution in [1.82, 2.24) is 14.8 Å².